The Morgan fingerprint density at radius 1 is 1.19 bits per heavy atom. The summed E-state index contributed by atoms with van der Waals surface area (Å²) in [6.07, 6.45) is 2.95. The molecule has 6 nitrogen and oxygen atoms in total. The fourth-order valence-electron chi connectivity index (χ4n) is 3.22. The van der Waals surface area contributed by atoms with Gasteiger partial charge in [0, 0.05) is 19.3 Å². The molecular formula is C21H36N2O4. The molecule has 1 heterocycles. The van der Waals surface area contributed by atoms with E-state index in [9.17, 15) is 4.79 Å². The van der Waals surface area contributed by atoms with Crippen molar-refractivity contribution in [3.63, 3.8) is 0 Å². The van der Waals surface area contributed by atoms with Gasteiger partial charge in [-0.25, -0.2) is 4.98 Å². The van der Waals surface area contributed by atoms with E-state index in [1.54, 1.807) is 13.3 Å². The van der Waals surface area contributed by atoms with Crippen LogP contribution >= 0.6 is 0 Å². The van der Waals surface area contributed by atoms with Crippen LogP contribution in [0, 0.1) is 18.8 Å². The van der Waals surface area contributed by atoms with Gasteiger partial charge in [0.2, 0.25) is 5.88 Å². The zero-order chi connectivity index (χ0) is 20.4. The number of amides is 1. The van der Waals surface area contributed by atoms with Gasteiger partial charge in [0.1, 0.15) is 12.2 Å². The topological polar surface area (TPSA) is 69.7 Å². The molecule has 1 aromatic heterocycles. The molecule has 1 aromatic rings. The number of aryl methyl sites for hydroxylation is 1. The molecule has 6 heteroatoms. The Morgan fingerprint density at radius 2 is 1.81 bits per heavy atom. The van der Waals surface area contributed by atoms with Crippen LogP contribution in [0.5, 0.6) is 5.88 Å². The maximum Gasteiger partial charge on any atom is 0.256 e. The average Bonchev–Trinajstić information content (AvgIpc) is 2.58. The SMILES string of the molecule is CCOCCOc1ncc(NC(=O)C(CC(C)C)(CC(C)C)OC)cc1C. The van der Waals surface area contributed by atoms with Gasteiger partial charge in [0.25, 0.3) is 5.91 Å². The van der Waals surface area contributed by atoms with Gasteiger partial charge in [-0.2, -0.15) is 0 Å². The van der Waals surface area contributed by atoms with E-state index in [0.29, 0.717) is 56.1 Å². The van der Waals surface area contributed by atoms with Crippen molar-refractivity contribution in [2.24, 2.45) is 11.8 Å². The minimum Gasteiger partial charge on any atom is -0.475 e. The van der Waals surface area contributed by atoms with Crippen molar-refractivity contribution < 1.29 is 19.0 Å². The van der Waals surface area contributed by atoms with E-state index < -0.39 is 5.60 Å². The highest BCUT2D eigenvalue weighted by Crippen LogP contribution is 2.30. The summed E-state index contributed by atoms with van der Waals surface area (Å²) in [5, 5.41) is 2.98. The van der Waals surface area contributed by atoms with Crippen molar-refractivity contribution in [3.8, 4) is 5.88 Å². The third-order valence-corrected chi connectivity index (χ3v) is 4.24. The summed E-state index contributed by atoms with van der Waals surface area (Å²) in [7, 11) is 1.61. The first kappa shape index (κ1) is 23.4. The number of rotatable bonds is 12. The standard InChI is InChI=1S/C21H36N2O4/c1-8-26-9-10-27-19-17(6)11-18(14-22-19)23-20(24)21(25-7,12-15(2)3)13-16(4)5/h11,14-16H,8-10,12-13H2,1-7H3,(H,23,24). The Hall–Kier alpha value is -1.66. The van der Waals surface area contributed by atoms with E-state index in [2.05, 4.69) is 38.0 Å². The minimum absolute atomic E-state index is 0.126. The fraction of sp³-hybridized carbons (Fsp3) is 0.714. The maximum absolute atomic E-state index is 13.1. The van der Waals surface area contributed by atoms with Crippen LogP contribution in [0.25, 0.3) is 0 Å². The molecule has 0 aliphatic heterocycles. The third kappa shape index (κ3) is 7.46. The molecule has 27 heavy (non-hydrogen) atoms. The lowest BCUT2D eigenvalue weighted by Gasteiger charge is -2.34. The first-order chi connectivity index (χ1) is 12.7. The van der Waals surface area contributed by atoms with E-state index >= 15 is 0 Å². The van der Waals surface area contributed by atoms with Crippen molar-refractivity contribution in [2.75, 3.05) is 32.2 Å². The number of nitrogens with one attached hydrogen (secondary N) is 1. The van der Waals surface area contributed by atoms with Crippen LogP contribution in [-0.2, 0) is 14.3 Å². The zero-order valence-electron chi connectivity index (χ0n) is 17.9. The number of hydrogen-bond acceptors (Lipinski definition) is 5. The molecule has 0 aromatic carbocycles. The number of ether oxygens (including phenoxy) is 3. The molecule has 0 fully saturated rings. The summed E-state index contributed by atoms with van der Waals surface area (Å²) in [5.74, 6) is 1.11. The Kier molecular flexibility index (Phi) is 9.74. The van der Waals surface area contributed by atoms with Gasteiger partial charge in [0.05, 0.1) is 18.5 Å². The van der Waals surface area contributed by atoms with Crippen LogP contribution < -0.4 is 10.1 Å². The Labute approximate surface area is 164 Å². The van der Waals surface area contributed by atoms with Crippen LogP contribution in [0.3, 0.4) is 0 Å². The first-order valence-electron chi connectivity index (χ1n) is 9.77. The number of nitrogens with zero attached hydrogens (tertiary/aromatic N) is 1. The number of carbonyl (C=O) groups is 1. The summed E-state index contributed by atoms with van der Waals surface area (Å²) in [6, 6.07) is 1.87. The first-order valence-corrected chi connectivity index (χ1v) is 9.77. The average molecular weight is 381 g/mol. The normalized spacial score (nSPS) is 11.9. The molecule has 1 amide bonds. The summed E-state index contributed by atoms with van der Waals surface area (Å²) in [6.45, 7) is 13.9. The van der Waals surface area contributed by atoms with Crippen molar-refractivity contribution in [2.45, 2.75) is 60.0 Å². The molecule has 154 valence electrons. The number of aromatic nitrogens is 1. The van der Waals surface area contributed by atoms with E-state index in [0.717, 1.165) is 5.56 Å². The van der Waals surface area contributed by atoms with Crippen LogP contribution in [-0.4, -0.2) is 43.4 Å². The molecule has 0 aliphatic rings. The summed E-state index contributed by atoms with van der Waals surface area (Å²) in [4.78, 5) is 17.4. The molecule has 0 spiro atoms. The quantitative estimate of drug-likeness (QED) is 0.550. The summed E-state index contributed by atoms with van der Waals surface area (Å²) in [5.41, 5.74) is 0.659. The van der Waals surface area contributed by atoms with Crippen molar-refractivity contribution in [1.29, 1.82) is 0 Å². The van der Waals surface area contributed by atoms with Gasteiger partial charge >= 0.3 is 0 Å². The molecule has 0 atom stereocenters. The van der Waals surface area contributed by atoms with E-state index in [1.807, 2.05) is 19.9 Å². The van der Waals surface area contributed by atoms with Crippen molar-refractivity contribution >= 4 is 11.6 Å². The van der Waals surface area contributed by atoms with Crippen LogP contribution in [0.2, 0.25) is 0 Å². The van der Waals surface area contributed by atoms with Crippen molar-refractivity contribution in [1.82, 2.24) is 4.98 Å². The molecule has 1 rings (SSSR count). The van der Waals surface area contributed by atoms with Crippen LogP contribution in [0.4, 0.5) is 5.69 Å². The Bertz CT molecular complexity index is 578. The number of pyridine rings is 1. The molecule has 1 N–H and O–H groups in total. The van der Waals surface area contributed by atoms with Crippen LogP contribution in [0.1, 0.15) is 53.0 Å². The summed E-state index contributed by atoms with van der Waals surface area (Å²) >= 11 is 0. The third-order valence-electron chi connectivity index (χ3n) is 4.24. The second-order valence-electron chi connectivity index (χ2n) is 7.74. The lowest BCUT2D eigenvalue weighted by Crippen LogP contribution is -2.47. The number of carbonyl (C=O) groups excluding carboxylic acids is 1. The maximum atomic E-state index is 13.1. The number of hydrogen-bond donors (Lipinski definition) is 1. The monoisotopic (exact) mass is 380 g/mol. The zero-order valence-corrected chi connectivity index (χ0v) is 17.9. The molecular weight excluding hydrogens is 344 g/mol. The van der Waals surface area contributed by atoms with E-state index in [1.165, 1.54) is 0 Å². The van der Waals surface area contributed by atoms with Gasteiger partial charge in [-0.3, -0.25) is 4.79 Å². The smallest absolute Gasteiger partial charge is 0.256 e. The number of anilines is 1. The predicted octanol–water partition coefficient (Wildman–Crippen LogP) is 4.22. The molecule has 0 saturated carbocycles. The second-order valence-corrected chi connectivity index (χ2v) is 7.74. The molecule has 0 radical (unpaired) electrons. The largest absolute Gasteiger partial charge is 0.475 e. The Balaban J connectivity index is 2.87. The lowest BCUT2D eigenvalue weighted by molar-refractivity contribution is -0.142. The second kappa shape index (κ2) is 11.2. The van der Waals surface area contributed by atoms with Gasteiger partial charge in [-0.15, -0.1) is 0 Å². The molecule has 0 saturated heterocycles. The minimum atomic E-state index is -0.844. The highest BCUT2D eigenvalue weighted by Gasteiger charge is 2.39. The van der Waals surface area contributed by atoms with Crippen molar-refractivity contribution in [3.05, 3.63) is 17.8 Å². The van der Waals surface area contributed by atoms with Gasteiger partial charge in [-0.1, -0.05) is 27.7 Å². The fourth-order valence-corrected chi connectivity index (χ4v) is 3.22. The lowest BCUT2D eigenvalue weighted by atomic mass is 9.84. The summed E-state index contributed by atoms with van der Waals surface area (Å²) < 4.78 is 16.6. The Morgan fingerprint density at radius 3 is 2.30 bits per heavy atom. The highest BCUT2D eigenvalue weighted by molar-refractivity contribution is 5.97. The number of methoxy groups -OCH3 is 1. The molecule has 0 unspecified atom stereocenters. The molecule has 0 aliphatic carbocycles. The molecule has 0 bridgehead atoms. The predicted molar refractivity (Wildman–Crippen MR) is 108 cm³/mol. The van der Waals surface area contributed by atoms with Crippen LogP contribution in [0.15, 0.2) is 12.3 Å². The van der Waals surface area contributed by atoms with Gasteiger partial charge < -0.3 is 19.5 Å². The van der Waals surface area contributed by atoms with Gasteiger partial charge in [-0.05, 0) is 44.6 Å². The van der Waals surface area contributed by atoms with E-state index in [-0.39, 0.29) is 5.91 Å². The van der Waals surface area contributed by atoms with Gasteiger partial charge in [0.15, 0.2) is 0 Å². The highest BCUT2D eigenvalue weighted by atomic mass is 16.5. The van der Waals surface area contributed by atoms with E-state index in [4.69, 9.17) is 14.2 Å².